The van der Waals surface area contributed by atoms with Crippen LogP contribution in [0.2, 0.25) is 10.0 Å². The van der Waals surface area contributed by atoms with Crippen molar-refractivity contribution in [2.24, 2.45) is 0 Å². The summed E-state index contributed by atoms with van der Waals surface area (Å²) < 4.78 is 5.54. The van der Waals surface area contributed by atoms with Crippen LogP contribution in [0.4, 0.5) is 0 Å². The lowest BCUT2D eigenvalue weighted by Gasteiger charge is -2.11. The van der Waals surface area contributed by atoms with Gasteiger partial charge in [0.1, 0.15) is 5.75 Å². The number of carbonyl (C=O) groups is 2. The van der Waals surface area contributed by atoms with Crippen LogP contribution in [-0.2, 0) is 11.2 Å². The lowest BCUT2D eigenvalue weighted by atomic mass is 10.1. The lowest BCUT2D eigenvalue weighted by Crippen LogP contribution is -2.36. The average Bonchev–Trinajstić information content (AvgIpc) is 2.65. The molecule has 0 fully saturated rings. The number of nitrogens with one attached hydrogen (secondary N) is 2. The number of ether oxygens (including phenoxy) is 1. The zero-order valence-electron chi connectivity index (χ0n) is 14.4. The summed E-state index contributed by atoms with van der Waals surface area (Å²) in [6.45, 7) is 2.54. The van der Waals surface area contributed by atoms with Crippen molar-refractivity contribution in [3.8, 4) is 5.75 Å². The Morgan fingerprint density at radius 1 is 1.00 bits per heavy atom. The third-order valence-electron chi connectivity index (χ3n) is 3.63. The second-order valence-corrected chi connectivity index (χ2v) is 6.30. The molecule has 7 heteroatoms. The molecule has 5 nitrogen and oxygen atoms in total. The van der Waals surface area contributed by atoms with Gasteiger partial charge in [-0.15, -0.1) is 0 Å². The molecule has 0 heterocycles. The van der Waals surface area contributed by atoms with E-state index in [1.807, 2.05) is 31.2 Å². The Labute approximate surface area is 162 Å². The number of carbonyl (C=O) groups excluding carboxylic acids is 2. The summed E-state index contributed by atoms with van der Waals surface area (Å²) in [5.41, 5.74) is 1.46. The van der Waals surface area contributed by atoms with E-state index < -0.39 is 0 Å². The van der Waals surface area contributed by atoms with Gasteiger partial charge >= 0.3 is 0 Å². The molecule has 2 N–H and O–H groups in total. The number of hydrogen-bond donors (Lipinski definition) is 2. The van der Waals surface area contributed by atoms with Gasteiger partial charge in [-0.2, -0.15) is 0 Å². The highest BCUT2D eigenvalue weighted by Gasteiger charge is 2.08. The first-order chi connectivity index (χ1) is 12.5. The monoisotopic (exact) mass is 394 g/mol. The molecule has 0 saturated heterocycles. The molecule has 2 amide bonds. The zero-order valence-corrected chi connectivity index (χ0v) is 15.9. The number of para-hydroxylation sites is 1. The Morgan fingerprint density at radius 3 is 2.46 bits per heavy atom. The van der Waals surface area contributed by atoms with Crippen LogP contribution in [-0.4, -0.2) is 31.5 Å². The fraction of sp³-hybridized carbons (Fsp3) is 0.263. The second-order valence-electron chi connectivity index (χ2n) is 5.48. The summed E-state index contributed by atoms with van der Waals surface area (Å²) in [4.78, 5) is 23.8. The smallest absolute Gasteiger partial charge is 0.258 e. The third kappa shape index (κ3) is 5.93. The molecular formula is C19H20Cl2N2O3. The van der Waals surface area contributed by atoms with Gasteiger partial charge in [-0.3, -0.25) is 9.59 Å². The van der Waals surface area contributed by atoms with Gasteiger partial charge in [0.15, 0.2) is 6.61 Å². The molecule has 2 aromatic carbocycles. The maximum atomic E-state index is 12.0. The number of halogens is 2. The fourth-order valence-corrected chi connectivity index (χ4v) is 2.55. The van der Waals surface area contributed by atoms with E-state index in [-0.39, 0.29) is 25.0 Å². The van der Waals surface area contributed by atoms with Gasteiger partial charge in [-0.05, 0) is 36.2 Å². The molecule has 0 spiro atoms. The first-order valence-electron chi connectivity index (χ1n) is 8.22. The van der Waals surface area contributed by atoms with Crippen LogP contribution in [0.1, 0.15) is 22.8 Å². The van der Waals surface area contributed by atoms with E-state index in [1.165, 1.54) is 6.07 Å². The normalized spacial score (nSPS) is 10.3. The fourth-order valence-electron chi connectivity index (χ4n) is 2.25. The van der Waals surface area contributed by atoms with Crippen LogP contribution in [0.15, 0.2) is 42.5 Å². The molecule has 2 aromatic rings. The minimum absolute atomic E-state index is 0.0717. The zero-order chi connectivity index (χ0) is 18.9. The van der Waals surface area contributed by atoms with Gasteiger partial charge in [0.25, 0.3) is 11.8 Å². The van der Waals surface area contributed by atoms with Crippen molar-refractivity contribution >= 4 is 35.0 Å². The van der Waals surface area contributed by atoms with Crippen molar-refractivity contribution in [1.82, 2.24) is 10.6 Å². The summed E-state index contributed by atoms with van der Waals surface area (Å²) in [6, 6.07) is 12.2. The van der Waals surface area contributed by atoms with E-state index in [0.717, 1.165) is 12.0 Å². The Hall–Kier alpha value is -2.24. The quantitative estimate of drug-likeness (QED) is 0.673. The molecule has 2 rings (SSSR count). The summed E-state index contributed by atoms with van der Waals surface area (Å²) in [7, 11) is 0. The number of aryl methyl sites for hydroxylation is 1. The Morgan fingerprint density at radius 2 is 1.73 bits per heavy atom. The minimum Gasteiger partial charge on any atom is -0.483 e. The van der Waals surface area contributed by atoms with Crippen molar-refractivity contribution in [3.05, 3.63) is 63.6 Å². The maximum absolute atomic E-state index is 12.0. The van der Waals surface area contributed by atoms with Gasteiger partial charge < -0.3 is 15.4 Å². The standard InChI is InChI=1S/C19H20Cl2N2O3/c1-2-13-5-3-4-6-17(13)26-12-18(24)22-9-10-23-19(25)14-7-8-15(20)16(21)11-14/h3-8,11H,2,9-10,12H2,1H3,(H,22,24)(H,23,25). The SMILES string of the molecule is CCc1ccccc1OCC(=O)NCCNC(=O)c1ccc(Cl)c(Cl)c1. The molecule has 0 saturated carbocycles. The summed E-state index contributed by atoms with van der Waals surface area (Å²) in [6.07, 6.45) is 0.832. The summed E-state index contributed by atoms with van der Waals surface area (Å²) >= 11 is 11.7. The minimum atomic E-state index is -0.286. The van der Waals surface area contributed by atoms with Crippen LogP contribution in [0.5, 0.6) is 5.75 Å². The molecule has 0 radical (unpaired) electrons. The van der Waals surface area contributed by atoms with Crippen LogP contribution in [0, 0.1) is 0 Å². The predicted molar refractivity (Wildman–Crippen MR) is 103 cm³/mol. The van der Waals surface area contributed by atoms with Gasteiger partial charge in [-0.1, -0.05) is 48.3 Å². The van der Waals surface area contributed by atoms with Gasteiger partial charge in [0.2, 0.25) is 0 Å². The third-order valence-corrected chi connectivity index (χ3v) is 4.37. The van der Waals surface area contributed by atoms with Crippen molar-refractivity contribution in [2.45, 2.75) is 13.3 Å². The van der Waals surface area contributed by atoms with Gasteiger partial charge in [0.05, 0.1) is 10.0 Å². The topological polar surface area (TPSA) is 67.4 Å². The number of rotatable bonds is 8. The maximum Gasteiger partial charge on any atom is 0.258 e. The predicted octanol–water partition coefficient (Wildman–Crippen LogP) is 3.48. The molecule has 0 aliphatic carbocycles. The second kappa shape index (κ2) is 10.0. The van der Waals surface area contributed by atoms with E-state index in [2.05, 4.69) is 10.6 Å². The largest absolute Gasteiger partial charge is 0.483 e. The highest BCUT2D eigenvalue weighted by molar-refractivity contribution is 6.42. The molecule has 0 atom stereocenters. The highest BCUT2D eigenvalue weighted by Crippen LogP contribution is 2.22. The number of hydrogen-bond acceptors (Lipinski definition) is 3. The van der Waals surface area contributed by atoms with Crippen LogP contribution in [0.3, 0.4) is 0 Å². The molecule has 0 aromatic heterocycles. The molecule has 0 aliphatic rings. The Balaban J connectivity index is 1.69. The molecule has 0 unspecified atom stereocenters. The summed E-state index contributed by atoms with van der Waals surface area (Å²) in [5, 5.41) is 6.09. The summed E-state index contributed by atoms with van der Waals surface area (Å²) in [5.74, 6) is 0.170. The van der Waals surface area contributed by atoms with E-state index in [4.69, 9.17) is 27.9 Å². The van der Waals surface area contributed by atoms with Gasteiger partial charge in [-0.25, -0.2) is 0 Å². The Kier molecular flexibility index (Phi) is 7.75. The van der Waals surface area contributed by atoms with Crippen LogP contribution < -0.4 is 15.4 Å². The molecule has 26 heavy (non-hydrogen) atoms. The highest BCUT2D eigenvalue weighted by atomic mass is 35.5. The van der Waals surface area contributed by atoms with Crippen molar-refractivity contribution in [2.75, 3.05) is 19.7 Å². The van der Waals surface area contributed by atoms with Crippen molar-refractivity contribution in [3.63, 3.8) is 0 Å². The first-order valence-corrected chi connectivity index (χ1v) is 8.97. The molecule has 138 valence electrons. The molecular weight excluding hydrogens is 375 g/mol. The van der Waals surface area contributed by atoms with E-state index in [0.29, 0.717) is 27.9 Å². The van der Waals surface area contributed by atoms with E-state index >= 15 is 0 Å². The molecule has 0 aliphatic heterocycles. The van der Waals surface area contributed by atoms with Crippen LogP contribution >= 0.6 is 23.2 Å². The van der Waals surface area contributed by atoms with Crippen molar-refractivity contribution in [1.29, 1.82) is 0 Å². The molecule has 0 bridgehead atoms. The Bertz CT molecular complexity index is 781. The number of amides is 2. The van der Waals surface area contributed by atoms with Gasteiger partial charge in [0, 0.05) is 18.7 Å². The lowest BCUT2D eigenvalue weighted by molar-refractivity contribution is -0.123. The van der Waals surface area contributed by atoms with E-state index in [9.17, 15) is 9.59 Å². The van der Waals surface area contributed by atoms with Crippen LogP contribution in [0.25, 0.3) is 0 Å². The first kappa shape index (κ1) is 20.1. The average molecular weight is 395 g/mol. The number of benzene rings is 2. The van der Waals surface area contributed by atoms with Crippen molar-refractivity contribution < 1.29 is 14.3 Å². The van der Waals surface area contributed by atoms with E-state index in [1.54, 1.807) is 12.1 Å².